The zero-order valence-electron chi connectivity index (χ0n) is 14.7. The number of hydrazone groups is 1. The highest BCUT2D eigenvalue weighted by atomic mass is 79.9. The largest absolute Gasteiger partial charge is 0.374 e. The van der Waals surface area contributed by atoms with Crippen LogP contribution in [0.25, 0.3) is 10.8 Å². The van der Waals surface area contributed by atoms with Crippen molar-refractivity contribution in [3.05, 3.63) is 76.8 Å². The molecule has 1 atom stereocenters. The van der Waals surface area contributed by atoms with E-state index in [2.05, 4.69) is 43.9 Å². The summed E-state index contributed by atoms with van der Waals surface area (Å²) in [6.45, 7) is 3.68. The van der Waals surface area contributed by atoms with E-state index in [1.807, 2.05) is 68.4 Å². The summed E-state index contributed by atoms with van der Waals surface area (Å²) in [6, 6.07) is 21.6. The lowest BCUT2D eigenvalue weighted by atomic mass is 10.1. The van der Waals surface area contributed by atoms with Crippen LogP contribution in [0.4, 0.5) is 5.69 Å². The predicted molar refractivity (Wildman–Crippen MR) is 112 cm³/mol. The monoisotopic (exact) mass is 409 g/mol. The first-order valence-corrected chi connectivity index (χ1v) is 9.17. The molecule has 0 unspecified atom stereocenters. The van der Waals surface area contributed by atoms with Crippen molar-refractivity contribution in [3.63, 3.8) is 0 Å². The van der Waals surface area contributed by atoms with Crippen LogP contribution >= 0.6 is 15.9 Å². The van der Waals surface area contributed by atoms with Crippen molar-refractivity contribution in [3.8, 4) is 0 Å². The van der Waals surface area contributed by atoms with Crippen molar-refractivity contribution in [2.24, 2.45) is 5.10 Å². The number of hydrogen-bond acceptors (Lipinski definition) is 3. The predicted octanol–water partition coefficient (Wildman–Crippen LogP) is 4.94. The van der Waals surface area contributed by atoms with Gasteiger partial charge in [-0.2, -0.15) is 5.10 Å². The van der Waals surface area contributed by atoms with Gasteiger partial charge in [0, 0.05) is 10.2 Å². The van der Waals surface area contributed by atoms with Gasteiger partial charge in [-0.15, -0.1) is 0 Å². The Bertz CT molecular complexity index is 951. The lowest BCUT2D eigenvalue weighted by Crippen LogP contribution is -2.35. The second-order valence-corrected chi connectivity index (χ2v) is 7.02. The van der Waals surface area contributed by atoms with E-state index in [-0.39, 0.29) is 5.91 Å². The number of benzene rings is 3. The van der Waals surface area contributed by atoms with Crippen LogP contribution in [0.2, 0.25) is 0 Å². The summed E-state index contributed by atoms with van der Waals surface area (Å²) in [5.41, 5.74) is 5.25. The maximum absolute atomic E-state index is 12.3. The number of carbonyl (C=O) groups excluding carboxylic acids is 1. The lowest BCUT2D eigenvalue weighted by Gasteiger charge is -2.14. The van der Waals surface area contributed by atoms with Crippen LogP contribution in [0.5, 0.6) is 0 Å². The van der Waals surface area contributed by atoms with Gasteiger partial charge in [0.05, 0.1) is 5.71 Å². The Morgan fingerprint density at radius 1 is 1.00 bits per heavy atom. The minimum absolute atomic E-state index is 0.186. The molecule has 0 heterocycles. The molecule has 4 nitrogen and oxygen atoms in total. The Morgan fingerprint density at radius 2 is 1.69 bits per heavy atom. The molecule has 3 rings (SSSR count). The Kier molecular flexibility index (Phi) is 5.68. The number of hydrogen-bond donors (Lipinski definition) is 2. The average molecular weight is 410 g/mol. The lowest BCUT2D eigenvalue weighted by molar-refractivity contribution is -0.121. The van der Waals surface area contributed by atoms with Crippen LogP contribution in [0.1, 0.15) is 19.4 Å². The molecule has 0 radical (unpaired) electrons. The molecule has 0 fully saturated rings. The molecule has 2 N–H and O–H groups in total. The van der Waals surface area contributed by atoms with E-state index in [4.69, 9.17) is 0 Å². The molecule has 26 heavy (non-hydrogen) atoms. The molecule has 0 spiro atoms. The summed E-state index contributed by atoms with van der Waals surface area (Å²) in [6.07, 6.45) is 0. The van der Waals surface area contributed by atoms with E-state index in [1.54, 1.807) is 0 Å². The summed E-state index contributed by atoms with van der Waals surface area (Å²) in [4.78, 5) is 12.3. The summed E-state index contributed by atoms with van der Waals surface area (Å²) >= 11 is 3.40. The minimum atomic E-state index is -0.405. The summed E-state index contributed by atoms with van der Waals surface area (Å²) in [5.74, 6) is -0.186. The molecule has 0 saturated carbocycles. The Labute approximate surface area is 161 Å². The SMILES string of the molecule is C/C(=N/NC(=O)[C@H](C)Nc1ccc2ccccc2c1)c1ccc(Br)cc1. The smallest absolute Gasteiger partial charge is 0.262 e. The third-order valence-corrected chi connectivity index (χ3v) is 4.65. The van der Waals surface area contributed by atoms with Crippen molar-refractivity contribution in [2.75, 3.05) is 5.32 Å². The van der Waals surface area contributed by atoms with Gasteiger partial charge in [-0.25, -0.2) is 5.43 Å². The number of fused-ring (bicyclic) bond motifs is 1. The Hall–Kier alpha value is -2.66. The van der Waals surface area contributed by atoms with E-state index in [9.17, 15) is 4.79 Å². The summed E-state index contributed by atoms with van der Waals surface area (Å²) in [7, 11) is 0. The first-order valence-electron chi connectivity index (χ1n) is 8.38. The number of nitrogens with one attached hydrogen (secondary N) is 2. The normalized spacial score (nSPS) is 12.7. The molecule has 3 aromatic carbocycles. The van der Waals surface area contributed by atoms with Crippen LogP contribution in [-0.2, 0) is 4.79 Å². The fraction of sp³-hybridized carbons (Fsp3) is 0.143. The van der Waals surface area contributed by atoms with E-state index < -0.39 is 6.04 Å². The van der Waals surface area contributed by atoms with Gasteiger partial charge < -0.3 is 5.32 Å². The molecule has 0 aliphatic heterocycles. The van der Waals surface area contributed by atoms with Gasteiger partial charge in [-0.3, -0.25) is 4.79 Å². The molecule has 1 amide bonds. The zero-order valence-corrected chi connectivity index (χ0v) is 16.2. The average Bonchev–Trinajstić information content (AvgIpc) is 2.66. The van der Waals surface area contributed by atoms with Gasteiger partial charge in [0.25, 0.3) is 5.91 Å². The van der Waals surface area contributed by atoms with Crippen LogP contribution < -0.4 is 10.7 Å². The third-order valence-electron chi connectivity index (χ3n) is 4.12. The summed E-state index contributed by atoms with van der Waals surface area (Å²) < 4.78 is 1.01. The molecule has 5 heteroatoms. The van der Waals surface area contributed by atoms with Gasteiger partial charge in [0.1, 0.15) is 6.04 Å². The standard InChI is InChI=1S/C21H20BrN3O/c1-14(16-7-10-19(22)11-8-16)24-25-21(26)15(2)23-20-12-9-17-5-3-4-6-18(17)13-20/h3-13,15,23H,1-2H3,(H,25,26)/b24-14-/t15-/m0/s1. The highest BCUT2D eigenvalue weighted by molar-refractivity contribution is 9.10. The molecular weight excluding hydrogens is 390 g/mol. The molecule has 3 aromatic rings. The Balaban J connectivity index is 1.63. The number of anilines is 1. The number of nitrogens with zero attached hydrogens (tertiary/aromatic N) is 1. The molecule has 0 saturated heterocycles. The first kappa shape index (κ1) is 18.1. The van der Waals surface area contributed by atoms with E-state index in [1.165, 1.54) is 5.39 Å². The maximum atomic E-state index is 12.3. The topological polar surface area (TPSA) is 53.5 Å². The first-order chi connectivity index (χ1) is 12.5. The third kappa shape index (κ3) is 4.49. The van der Waals surface area contributed by atoms with Gasteiger partial charge >= 0.3 is 0 Å². The number of halogens is 1. The number of rotatable bonds is 5. The highest BCUT2D eigenvalue weighted by Crippen LogP contribution is 2.19. The van der Waals surface area contributed by atoms with E-state index >= 15 is 0 Å². The van der Waals surface area contributed by atoms with Crippen LogP contribution in [0.15, 0.2) is 76.3 Å². The van der Waals surface area contributed by atoms with Gasteiger partial charge in [-0.05, 0) is 54.4 Å². The number of carbonyl (C=O) groups is 1. The zero-order chi connectivity index (χ0) is 18.5. The quantitative estimate of drug-likeness (QED) is 0.462. The van der Waals surface area contributed by atoms with Crippen molar-refractivity contribution >= 4 is 44.0 Å². The molecule has 0 aliphatic rings. The fourth-order valence-electron chi connectivity index (χ4n) is 2.59. The van der Waals surface area contributed by atoms with Gasteiger partial charge in [0.2, 0.25) is 0 Å². The van der Waals surface area contributed by atoms with Crippen LogP contribution in [0, 0.1) is 0 Å². The van der Waals surface area contributed by atoms with Gasteiger partial charge in [-0.1, -0.05) is 58.4 Å². The highest BCUT2D eigenvalue weighted by Gasteiger charge is 2.12. The maximum Gasteiger partial charge on any atom is 0.262 e. The van der Waals surface area contributed by atoms with E-state index in [0.717, 1.165) is 26.8 Å². The molecule has 0 aliphatic carbocycles. The molecular formula is C21H20BrN3O. The van der Waals surface area contributed by atoms with Crippen LogP contribution in [0.3, 0.4) is 0 Å². The Morgan fingerprint density at radius 3 is 2.42 bits per heavy atom. The van der Waals surface area contributed by atoms with E-state index in [0.29, 0.717) is 0 Å². The molecule has 0 bridgehead atoms. The van der Waals surface area contributed by atoms with Crippen LogP contribution in [-0.4, -0.2) is 17.7 Å². The van der Waals surface area contributed by atoms with Crippen molar-refractivity contribution in [2.45, 2.75) is 19.9 Å². The van der Waals surface area contributed by atoms with Gasteiger partial charge in [0.15, 0.2) is 0 Å². The fourth-order valence-corrected chi connectivity index (χ4v) is 2.85. The van der Waals surface area contributed by atoms with Crippen molar-refractivity contribution in [1.29, 1.82) is 0 Å². The second kappa shape index (κ2) is 8.15. The molecule has 132 valence electrons. The minimum Gasteiger partial charge on any atom is -0.374 e. The second-order valence-electron chi connectivity index (χ2n) is 6.11. The summed E-state index contributed by atoms with van der Waals surface area (Å²) in [5, 5.41) is 9.72. The van der Waals surface area contributed by atoms with Crippen molar-refractivity contribution in [1.82, 2.24) is 5.43 Å². The number of amides is 1. The van der Waals surface area contributed by atoms with Crippen molar-refractivity contribution < 1.29 is 4.79 Å². The molecule has 0 aromatic heterocycles.